The van der Waals surface area contributed by atoms with E-state index in [-0.39, 0.29) is 11.8 Å². The third kappa shape index (κ3) is 4.32. The summed E-state index contributed by atoms with van der Waals surface area (Å²) in [5.74, 6) is 2.48. The lowest BCUT2D eigenvalue weighted by Gasteiger charge is -2.27. The highest BCUT2D eigenvalue weighted by Crippen LogP contribution is 2.20. The number of likely N-dealkylation sites (N-methyl/N-ethyl adjacent to an activating group) is 1. The van der Waals surface area contributed by atoms with Crippen molar-refractivity contribution in [1.29, 1.82) is 0 Å². The number of aryl methyl sites for hydroxylation is 1. The first-order chi connectivity index (χ1) is 9.97. The summed E-state index contributed by atoms with van der Waals surface area (Å²) in [5, 5.41) is 3.31. The largest absolute Gasteiger partial charge is 0.464 e. The van der Waals surface area contributed by atoms with Crippen LogP contribution in [0.2, 0.25) is 0 Å². The van der Waals surface area contributed by atoms with Gasteiger partial charge in [-0.15, -0.1) is 0 Å². The minimum Gasteiger partial charge on any atom is -0.464 e. The van der Waals surface area contributed by atoms with Crippen LogP contribution in [0.3, 0.4) is 0 Å². The van der Waals surface area contributed by atoms with Crippen molar-refractivity contribution in [3.63, 3.8) is 0 Å². The Morgan fingerprint density at radius 1 is 1.33 bits per heavy atom. The molecule has 2 rings (SSSR count). The Kier molecular flexibility index (Phi) is 5.42. The molecule has 2 atom stereocenters. The van der Waals surface area contributed by atoms with Gasteiger partial charge in [0.2, 0.25) is 5.91 Å². The molecular formula is C16H27N3O2. The second kappa shape index (κ2) is 7.09. The zero-order valence-corrected chi connectivity index (χ0v) is 13.6. The van der Waals surface area contributed by atoms with Crippen LogP contribution >= 0.6 is 0 Å². The first kappa shape index (κ1) is 16.0. The standard InChI is InChI=1S/C16H27N3O2/c1-12-9-17-10-15(12)16(20)19(8-7-18(3)4)11-14-6-5-13(2)21-14/h5-6,12,15,17H,7-11H2,1-4H3/t12-,15-/m1/s1. The number of carbonyl (C=O) groups is 1. The average molecular weight is 293 g/mol. The van der Waals surface area contributed by atoms with Crippen molar-refractivity contribution in [3.05, 3.63) is 23.7 Å². The Hall–Kier alpha value is -1.33. The van der Waals surface area contributed by atoms with E-state index in [1.165, 1.54) is 0 Å². The minimum atomic E-state index is 0.0863. The molecule has 1 N–H and O–H groups in total. The van der Waals surface area contributed by atoms with Crippen LogP contribution < -0.4 is 5.32 Å². The van der Waals surface area contributed by atoms with E-state index in [0.29, 0.717) is 12.5 Å². The van der Waals surface area contributed by atoms with Gasteiger partial charge in [0.15, 0.2) is 0 Å². The lowest BCUT2D eigenvalue weighted by atomic mass is 9.96. The monoisotopic (exact) mass is 293 g/mol. The van der Waals surface area contributed by atoms with E-state index in [4.69, 9.17) is 4.42 Å². The van der Waals surface area contributed by atoms with E-state index in [0.717, 1.165) is 37.7 Å². The smallest absolute Gasteiger partial charge is 0.227 e. The van der Waals surface area contributed by atoms with Crippen LogP contribution in [0.25, 0.3) is 0 Å². The van der Waals surface area contributed by atoms with Gasteiger partial charge in [-0.3, -0.25) is 4.79 Å². The fourth-order valence-corrected chi connectivity index (χ4v) is 2.72. The van der Waals surface area contributed by atoms with Gasteiger partial charge < -0.3 is 19.5 Å². The summed E-state index contributed by atoms with van der Waals surface area (Å²) in [5.41, 5.74) is 0. The van der Waals surface area contributed by atoms with Crippen LogP contribution in [-0.2, 0) is 11.3 Å². The molecule has 1 saturated heterocycles. The van der Waals surface area contributed by atoms with E-state index in [2.05, 4.69) is 17.1 Å². The van der Waals surface area contributed by atoms with Gasteiger partial charge in [-0.05, 0) is 45.6 Å². The second-order valence-corrected chi connectivity index (χ2v) is 6.32. The van der Waals surface area contributed by atoms with Gasteiger partial charge >= 0.3 is 0 Å². The summed E-state index contributed by atoms with van der Waals surface area (Å²) in [6.07, 6.45) is 0. The lowest BCUT2D eigenvalue weighted by Crippen LogP contribution is -2.41. The number of nitrogens with zero attached hydrogens (tertiary/aromatic N) is 2. The molecule has 0 unspecified atom stereocenters. The third-order valence-electron chi connectivity index (χ3n) is 4.11. The molecule has 5 nitrogen and oxygen atoms in total. The van der Waals surface area contributed by atoms with Crippen LogP contribution in [-0.4, -0.2) is 56.0 Å². The van der Waals surface area contributed by atoms with Crippen molar-refractivity contribution in [3.8, 4) is 0 Å². The molecule has 2 heterocycles. The second-order valence-electron chi connectivity index (χ2n) is 6.32. The van der Waals surface area contributed by atoms with Gasteiger partial charge in [0.25, 0.3) is 0 Å². The molecule has 0 saturated carbocycles. The fourth-order valence-electron chi connectivity index (χ4n) is 2.72. The topological polar surface area (TPSA) is 48.7 Å². The summed E-state index contributed by atoms with van der Waals surface area (Å²) in [4.78, 5) is 16.8. The summed E-state index contributed by atoms with van der Waals surface area (Å²) >= 11 is 0. The van der Waals surface area contributed by atoms with Gasteiger partial charge in [0.05, 0.1) is 12.5 Å². The summed E-state index contributed by atoms with van der Waals surface area (Å²) in [6.45, 7) is 7.94. The lowest BCUT2D eigenvalue weighted by molar-refractivity contribution is -0.137. The maximum Gasteiger partial charge on any atom is 0.227 e. The van der Waals surface area contributed by atoms with E-state index in [9.17, 15) is 4.79 Å². The Balaban J connectivity index is 2.05. The van der Waals surface area contributed by atoms with Crippen LogP contribution in [0.5, 0.6) is 0 Å². The highest BCUT2D eigenvalue weighted by Gasteiger charge is 2.33. The molecule has 1 aliphatic heterocycles. The van der Waals surface area contributed by atoms with Gasteiger partial charge in [-0.25, -0.2) is 0 Å². The normalized spacial score (nSPS) is 22.0. The van der Waals surface area contributed by atoms with E-state index >= 15 is 0 Å². The number of nitrogens with one attached hydrogen (secondary N) is 1. The van der Waals surface area contributed by atoms with Crippen LogP contribution in [0.15, 0.2) is 16.5 Å². The van der Waals surface area contributed by atoms with Crippen molar-refractivity contribution >= 4 is 5.91 Å². The highest BCUT2D eigenvalue weighted by molar-refractivity contribution is 5.79. The molecule has 21 heavy (non-hydrogen) atoms. The van der Waals surface area contributed by atoms with Gasteiger partial charge in [-0.1, -0.05) is 6.92 Å². The predicted molar refractivity (Wildman–Crippen MR) is 82.9 cm³/mol. The van der Waals surface area contributed by atoms with Crippen molar-refractivity contribution in [2.75, 3.05) is 40.3 Å². The average Bonchev–Trinajstić information content (AvgIpc) is 3.02. The molecule has 118 valence electrons. The fraction of sp³-hybridized carbons (Fsp3) is 0.688. The molecule has 0 bridgehead atoms. The molecule has 5 heteroatoms. The molecule has 0 aromatic carbocycles. The molecular weight excluding hydrogens is 266 g/mol. The van der Waals surface area contributed by atoms with Crippen LogP contribution in [0.1, 0.15) is 18.4 Å². The Morgan fingerprint density at radius 2 is 2.10 bits per heavy atom. The third-order valence-corrected chi connectivity index (χ3v) is 4.11. The first-order valence-corrected chi connectivity index (χ1v) is 7.67. The summed E-state index contributed by atoms with van der Waals surface area (Å²) < 4.78 is 5.64. The SMILES string of the molecule is Cc1ccc(CN(CCN(C)C)C(=O)[C@@H]2CNC[C@H]2C)o1. The molecule has 1 aromatic rings. The Labute approximate surface area is 127 Å². The Morgan fingerprint density at radius 3 is 2.62 bits per heavy atom. The molecule has 0 radical (unpaired) electrons. The Bertz CT molecular complexity index is 470. The molecule has 1 aromatic heterocycles. The summed E-state index contributed by atoms with van der Waals surface area (Å²) in [6, 6.07) is 3.91. The number of carbonyl (C=O) groups excluding carboxylic acids is 1. The molecule has 1 amide bonds. The number of hydrogen-bond donors (Lipinski definition) is 1. The van der Waals surface area contributed by atoms with Gasteiger partial charge in [0, 0.05) is 19.6 Å². The first-order valence-electron chi connectivity index (χ1n) is 7.67. The van der Waals surface area contributed by atoms with E-state index < -0.39 is 0 Å². The predicted octanol–water partition coefficient (Wildman–Crippen LogP) is 1.33. The van der Waals surface area contributed by atoms with Crippen molar-refractivity contribution in [2.24, 2.45) is 11.8 Å². The van der Waals surface area contributed by atoms with Gasteiger partial charge in [-0.2, -0.15) is 0 Å². The van der Waals surface area contributed by atoms with Crippen molar-refractivity contribution in [1.82, 2.24) is 15.1 Å². The quantitative estimate of drug-likeness (QED) is 0.860. The van der Waals surface area contributed by atoms with Crippen molar-refractivity contribution < 1.29 is 9.21 Å². The number of furan rings is 1. The van der Waals surface area contributed by atoms with Crippen molar-refractivity contribution in [2.45, 2.75) is 20.4 Å². The number of hydrogen-bond acceptors (Lipinski definition) is 4. The van der Waals surface area contributed by atoms with Crippen LogP contribution in [0, 0.1) is 18.8 Å². The zero-order chi connectivity index (χ0) is 15.4. The van der Waals surface area contributed by atoms with E-state index in [1.54, 1.807) is 0 Å². The van der Waals surface area contributed by atoms with E-state index in [1.807, 2.05) is 38.1 Å². The maximum absolute atomic E-state index is 12.8. The highest BCUT2D eigenvalue weighted by atomic mass is 16.3. The molecule has 0 aliphatic carbocycles. The molecule has 1 fully saturated rings. The van der Waals surface area contributed by atoms with Gasteiger partial charge in [0.1, 0.15) is 11.5 Å². The molecule has 1 aliphatic rings. The number of amides is 1. The van der Waals surface area contributed by atoms with Crippen LogP contribution in [0.4, 0.5) is 0 Å². The zero-order valence-electron chi connectivity index (χ0n) is 13.6. The summed E-state index contributed by atoms with van der Waals surface area (Å²) in [7, 11) is 4.05. The minimum absolute atomic E-state index is 0.0863. The number of rotatable bonds is 6. The molecule has 0 spiro atoms. The maximum atomic E-state index is 12.8.